The summed E-state index contributed by atoms with van der Waals surface area (Å²) in [7, 11) is 2.07. The molecule has 0 aromatic heterocycles. The van der Waals surface area contributed by atoms with Crippen LogP contribution >= 0.6 is 0 Å². The summed E-state index contributed by atoms with van der Waals surface area (Å²) in [6, 6.07) is 0.566. The molecule has 1 saturated heterocycles. The summed E-state index contributed by atoms with van der Waals surface area (Å²) in [4.78, 5) is 14.1. The number of ether oxygens (including phenoxy) is 1. The van der Waals surface area contributed by atoms with Gasteiger partial charge in [0.15, 0.2) is 5.78 Å². The number of carbonyl (C=O) groups is 1. The van der Waals surface area contributed by atoms with E-state index in [0.717, 1.165) is 18.9 Å². The van der Waals surface area contributed by atoms with Crippen molar-refractivity contribution in [2.45, 2.75) is 32.2 Å². The van der Waals surface area contributed by atoms with E-state index in [-0.39, 0.29) is 5.92 Å². The summed E-state index contributed by atoms with van der Waals surface area (Å²) in [5, 5.41) is 0. The fourth-order valence-electron chi connectivity index (χ4n) is 2.25. The minimum atomic E-state index is 0.166. The van der Waals surface area contributed by atoms with Gasteiger partial charge in [-0.25, -0.2) is 0 Å². The number of likely N-dealkylation sites (N-methyl/N-ethyl adjacent to an activating group) is 1. The normalized spacial score (nSPS) is 28.3. The molecule has 1 aliphatic heterocycles. The number of ketones is 1. The molecule has 2 aliphatic rings. The van der Waals surface area contributed by atoms with Crippen molar-refractivity contribution in [2.24, 2.45) is 11.8 Å². The monoisotopic (exact) mass is 211 g/mol. The highest BCUT2D eigenvalue weighted by Crippen LogP contribution is 2.34. The summed E-state index contributed by atoms with van der Waals surface area (Å²) in [6.07, 6.45) is 3.60. The first-order chi connectivity index (χ1) is 7.18. The molecule has 2 unspecified atom stereocenters. The van der Waals surface area contributed by atoms with Crippen LogP contribution in [0, 0.1) is 11.8 Å². The lowest BCUT2D eigenvalue weighted by Crippen LogP contribution is -2.37. The van der Waals surface area contributed by atoms with Crippen molar-refractivity contribution in [3.8, 4) is 0 Å². The number of nitrogens with zero attached hydrogens (tertiary/aromatic N) is 1. The van der Waals surface area contributed by atoms with Gasteiger partial charge in [-0.05, 0) is 39.2 Å². The largest absolute Gasteiger partial charge is 0.381 e. The molecular formula is C12H21NO2. The third-order valence-electron chi connectivity index (χ3n) is 3.79. The number of carbonyl (C=O) groups excluding carboxylic acids is 1. The van der Waals surface area contributed by atoms with E-state index in [1.807, 2.05) is 0 Å². The van der Waals surface area contributed by atoms with Gasteiger partial charge in [-0.15, -0.1) is 0 Å². The highest BCUT2D eigenvalue weighted by Gasteiger charge is 2.32. The molecule has 1 heterocycles. The highest BCUT2D eigenvalue weighted by atomic mass is 16.5. The van der Waals surface area contributed by atoms with Crippen LogP contribution in [-0.4, -0.2) is 43.5 Å². The fourth-order valence-corrected chi connectivity index (χ4v) is 2.25. The molecule has 0 aromatic rings. The number of Topliss-reactive ketones (excluding diaryl/α,β-unsaturated/α-hetero) is 1. The Morgan fingerprint density at radius 3 is 2.73 bits per heavy atom. The smallest absolute Gasteiger partial charge is 0.152 e. The lowest BCUT2D eigenvalue weighted by Gasteiger charge is -2.24. The van der Waals surface area contributed by atoms with E-state index in [9.17, 15) is 4.79 Å². The van der Waals surface area contributed by atoms with Crippen molar-refractivity contribution in [3.63, 3.8) is 0 Å². The van der Waals surface area contributed by atoms with Gasteiger partial charge < -0.3 is 4.74 Å². The molecule has 0 radical (unpaired) electrons. The van der Waals surface area contributed by atoms with Crippen LogP contribution in [0.3, 0.4) is 0 Å². The average molecular weight is 211 g/mol. The van der Waals surface area contributed by atoms with Gasteiger partial charge in [0.2, 0.25) is 0 Å². The summed E-state index contributed by atoms with van der Waals surface area (Å²) in [5.41, 5.74) is 0. The van der Waals surface area contributed by atoms with Gasteiger partial charge in [-0.1, -0.05) is 0 Å². The van der Waals surface area contributed by atoms with Crippen LogP contribution in [0.4, 0.5) is 0 Å². The quantitative estimate of drug-likeness (QED) is 0.687. The van der Waals surface area contributed by atoms with E-state index >= 15 is 0 Å². The van der Waals surface area contributed by atoms with Crippen molar-refractivity contribution in [1.29, 1.82) is 0 Å². The van der Waals surface area contributed by atoms with Crippen LogP contribution < -0.4 is 0 Å². The zero-order valence-corrected chi connectivity index (χ0v) is 9.74. The van der Waals surface area contributed by atoms with Crippen LogP contribution in [0.1, 0.15) is 26.2 Å². The molecule has 2 fully saturated rings. The SMILES string of the molecule is CC(C1CC1)N(C)CC(=O)C1CCOC1. The van der Waals surface area contributed by atoms with Crippen molar-refractivity contribution >= 4 is 5.78 Å². The zero-order valence-electron chi connectivity index (χ0n) is 9.74. The summed E-state index contributed by atoms with van der Waals surface area (Å²) in [5.74, 6) is 1.36. The van der Waals surface area contributed by atoms with Crippen LogP contribution in [0.15, 0.2) is 0 Å². The second kappa shape index (κ2) is 4.62. The zero-order chi connectivity index (χ0) is 10.8. The van der Waals surface area contributed by atoms with Crippen molar-refractivity contribution < 1.29 is 9.53 Å². The van der Waals surface area contributed by atoms with Crippen molar-refractivity contribution in [1.82, 2.24) is 4.90 Å². The van der Waals surface area contributed by atoms with Crippen LogP contribution in [0.2, 0.25) is 0 Å². The van der Waals surface area contributed by atoms with E-state index in [4.69, 9.17) is 4.74 Å². The van der Waals surface area contributed by atoms with Gasteiger partial charge >= 0.3 is 0 Å². The molecule has 2 rings (SSSR count). The molecule has 1 aliphatic carbocycles. The lowest BCUT2D eigenvalue weighted by atomic mass is 10.0. The topological polar surface area (TPSA) is 29.5 Å². The second-order valence-corrected chi connectivity index (χ2v) is 5.02. The van der Waals surface area contributed by atoms with Gasteiger partial charge in [-0.2, -0.15) is 0 Å². The molecular weight excluding hydrogens is 190 g/mol. The third kappa shape index (κ3) is 2.79. The first-order valence-corrected chi connectivity index (χ1v) is 5.99. The number of hydrogen-bond donors (Lipinski definition) is 0. The Kier molecular flexibility index (Phi) is 3.42. The van der Waals surface area contributed by atoms with Gasteiger partial charge in [0.25, 0.3) is 0 Å². The van der Waals surface area contributed by atoms with E-state index in [0.29, 0.717) is 25.0 Å². The second-order valence-electron chi connectivity index (χ2n) is 5.02. The Balaban J connectivity index is 1.76. The third-order valence-corrected chi connectivity index (χ3v) is 3.79. The highest BCUT2D eigenvalue weighted by molar-refractivity contribution is 5.83. The summed E-state index contributed by atoms with van der Waals surface area (Å²) in [6.45, 7) is 4.24. The van der Waals surface area contributed by atoms with Crippen LogP contribution in [0.25, 0.3) is 0 Å². The minimum absolute atomic E-state index is 0.166. The van der Waals surface area contributed by atoms with E-state index in [1.54, 1.807) is 0 Å². The molecule has 0 N–H and O–H groups in total. The Morgan fingerprint density at radius 2 is 2.20 bits per heavy atom. The molecule has 0 aromatic carbocycles. The first kappa shape index (κ1) is 11.1. The minimum Gasteiger partial charge on any atom is -0.381 e. The van der Waals surface area contributed by atoms with Crippen molar-refractivity contribution in [2.75, 3.05) is 26.8 Å². The Morgan fingerprint density at radius 1 is 1.47 bits per heavy atom. The maximum atomic E-state index is 11.9. The molecule has 3 heteroatoms. The fraction of sp³-hybridized carbons (Fsp3) is 0.917. The number of hydrogen-bond acceptors (Lipinski definition) is 3. The van der Waals surface area contributed by atoms with Gasteiger partial charge in [-0.3, -0.25) is 9.69 Å². The van der Waals surface area contributed by atoms with Gasteiger partial charge in [0.1, 0.15) is 0 Å². The predicted molar refractivity (Wildman–Crippen MR) is 58.7 cm³/mol. The molecule has 2 atom stereocenters. The lowest BCUT2D eigenvalue weighted by molar-refractivity contribution is -0.124. The van der Waals surface area contributed by atoms with Crippen LogP contribution in [0.5, 0.6) is 0 Å². The molecule has 0 bridgehead atoms. The average Bonchev–Trinajstić information content (AvgIpc) is 2.91. The summed E-state index contributed by atoms with van der Waals surface area (Å²) >= 11 is 0. The maximum absolute atomic E-state index is 11.9. The summed E-state index contributed by atoms with van der Waals surface area (Å²) < 4.78 is 5.24. The molecule has 15 heavy (non-hydrogen) atoms. The molecule has 3 nitrogen and oxygen atoms in total. The Bertz CT molecular complexity index is 232. The predicted octanol–water partition coefficient (Wildman–Crippen LogP) is 1.32. The van der Waals surface area contributed by atoms with E-state index < -0.39 is 0 Å². The molecule has 0 spiro atoms. The first-order valence-electron chi connectivity index (χ1n) is 5.99. The standard InChI is InChI=1S/C12H21NO2/c1-9(10-3-4-10)13(2)7-12(14)11-5-6-15-8-11/h9-11H,3-8H2,1-2H3. The molecule has 1 saturated carbocycles. The molecule has 0 amide bonds. The van der Waals surface area contributed by atoms with Gasteiger partial charge in [0, 0.05) is 18.6 Å². The van der Waals surface area contributed by atoms with Crippen molar-refractivity contribution in [3.05, 3.63) is 0 Å². The number of rotatable bonds is 5. The Labute approximate surface area is 91.8 Å². The van der Waals surface area contributed by atoms with E-state index in [1.165, 1.54) is 12.8 Å². The van der Waals surface area contributed by atoms with E-state index in [2.05, 4.69) is 18.9 Å². The maximum Gasteiger partial charge on any atom is 0.152 e. The van der Waals surface area contributed by atoms with Crippen LogP contribution in [-0.2, 0) is 9.53 Å². The Hall–Kier alpha value is -0.410. The van der Waals surface area contributed by atoms with Gasteiger partial charge in [0.05, 0.1) is 13.2 Å². The molecule has 86 valence electrons.